The maximum atomic E-state index is 13.2. The van der Waals surface area contributed by atoms with E-state index in [0.29, 0.717) is 25.0 Å². The summed E-state index contributed by atoms with van der Waals surface area (Å²) in [6, 6.07) is -4.18. The number of nitrogens with one attached hydrogen (secondary N) is 2. The highest BCUT2D eigenvalue weighted by atomic mass is 32.2. The Labute approximate surface area is 213 Å². The van der Waals surface area contributed by atoms with Gasteiger partial charge in [-0.15, -0.1) is 0 Å². The van der Waals surface area contributed by atoms with E-state index in [1.807, 2.05) is 6.26 Å². The lowest BCUT2D eigenvalue weighted by atomic mass is 10.1. The molecular weight excluding hydrogens is 494 g/mol. The molecule has 36 heavy (non-hydrogen) atoms. The van der Waals surface area contributed by atoms with Gasteiger partial charge < -0.3 is 42.9 Å². The number of thioether (sulfide) groups is 1. The first-order chi connectivity index (χ1) is 17.0. The summed E-state index contributed by atoms with van der Waals surface area (Å²) in [5, 5.41) is 23.4. The predicted octanol–water partition coefficient (Wildman–Crippen LogP) is -1.97. The van der Waals surface area contributed by atoms with Gasteiger partial charge in [-0.2, -0.15) is 11.8 Å². The summed E-state index contributed by atoms with van der Waals surface area (Å²) in [4.78, 5) is 66.3. The van der Waals surface area contributed by atoms with Crippen LogP contribution in [0.2, 0.25) is 0 Å². The van der Waals surface area contributed by atoms with Gasteiger partial charge in [-0.25, -0.2) is 4.79 Å². The molecule has 204 valence electrons. The van der Waals surface area contributed by atoms with Crippen molar-refractivity contribution in [3.8, 4) is 0 Å². The fourth-order valence-electron chi connectivity index (χ4n) is 3.71. The number of hydrogen-bond acceptors (Lipinski definition) is 8. The lowest BCUT2D eigenvalue weighted by molar-refractivity contribution is -0.149. The molecule has 0 radical (unpaired) electrons. The van der Waals surface area contributed by atoms with Crippen LogP contribution in [0.15, 0.2) is 4.99 Å². The van der Waals surface area contributed by atoms with Gasteiger partial charge in [-0.1, -0.05) is 0 Å². The molecule has 0 aromatic carbocycles. The zero-order chi connectivity index (χ0) is 27.3. The number of amides is 3. The second-order valence-electron chi connectivity index (χ2n) is 8.42. The molecule has 1 aliphatic heterocycles. The Bertz CT molecular complexity index is 822. The monoisotopic (exact) mass is 531 g/mol. The Morgan fingerprint density at radius 3 is 2.31 bits per heavy atom. The number of hydrogen-bond donors (Lipinski definition) is 7. The van der Waals surface area contributed by atoms with E-state index in [0.717, 1.165) is 0 Å². The van der Waals surface area contributed by atoms with Gasteiger partial charge in [0.25, 0.3) is 0 Å². The van der Waals surface area contributed by atoms with Crippen LogP contribution in [0.5, 0.6) is 0 Å². The number of guanidine groups is 1. The van der Waals surface area contributed by atoms with Gasteiger partial charge in [0.1, 0.15) is 18.1 Å². The van der Waals surface area contributed by atoms with Crippen molar-refractivity contribution in [1.82, 2.24) is 15.5 Å². The van der Waals surface area contributed by atoms with Gasteiger partial charge in [0.15, 0.2) is 5.96 Å². The summed E-state index contributed by atoms with van der Waals surface area (Å²) >= 11 is 1.45. The van der Waals surface area contributed by atoms with Gasteiger partial charge in [0.2, 0.25) is 17.7 Å². The van der Waals surface area contributed by atoms with Crippen LogP contribution in [-0.2, 0) is 24.0 Å². The SMILES string of the molecule is CSCCC(NC(=O)C(N)CCC(=O)O)C(=O)NC(CCCN=C(N)N)C(=O)N1CCCC1C(=O)O. The third-order valence-corrected chi connectivity index (χ3v) is 6.27. The number of carbonyl (C=O) groups excluding carboxylic acids is 3. The van der Waals surface area contributed by atoms with Gasteiger partial charge in [-0.05, 0) is 50.5 Å². The Balaban J connectivity index is 2.99. The van der Waals surface area contributed by atoms with Gasteiger partial charge in [-0.3, -0.25) is 24.2 Å². The van der Waals surface area contributed by atoms with E-state index < -0.39 is 53.8 Å². The fraction of sp³-hybridized carbons (Fsp3) is 0.714. The molecule has 1 fully saturated rings. The van der Waals surface area contributed by atoms with Crippen LogP contribution in [0.3, 0.4) is 0 Å². The number of carbonyl (C=O) groups is 5. The molecule has 0 saturated carbocycles. The molecule has 0 aliphatic carbocycles. The van der Waals surface area contributed by atoms with Crippen molar-refractivity contribution in [2.75, 3.05) is 25.1 Å². The van der Waals surface area contributed by atoms with Crippen LogP contribution in [0.4, 0.5) is 0 Å². The summed E-state index contributed by atoms with van der Waals surface area (Å²) < 4.78 is 0. The minimum Gasteiger partial charge on any atom is -0.481 e. The Kier molecular flexibility index (Phi) is 13.6. The molecule has 1 aliphatic rings. The number of aliphatic carboxylic acids is 2. The summed E-state index contributed by atoms with van der Waals surface area (Å²) in [5.74, 6) is -3.67. The normalized spacial score (nSPS) is 17.5. The summed E-state index contributed by atoms with van der Waals surface area (Å²) in [6.45, 7) is 0.455. The Morgan fingerprint density at radius 2 is 1.72 bits per heavy atom. The third-order valence-electron chi connectivity index (χ3n) is 5.63. The highest BCUT2D eigenvalue weighted by Gasteiger charge is 2.38. The van der Waals surface area contributed by atoms with Crippen LogP contribution >= 0.6 is 11.8 Å². The maximum absolute atomic E-state index is 13.2. The van der Waals surface area contributed by atoms with E-state index in [-0.39, 0.29) is 44.7 Å². The number of nitrogens with zero attached hydrogens (tertiary/aromatic N) is 2. The van der Waals surface area contributed by atoms with Crippen LogP contribution in [0.25, 0.3) is 0 Å². The Hall–Kier alpha value is -3.07. The molecule has 1 saturated heterocycles. The predicted molar refractivity (Wildman–Crippen MR) is 134 cm³/mol. The van der Waals surface area contributed by atoms with Crippen LogP contribution in [0, 0.1) is 0 Å². The standard InChI is InChI=1S/C21H37N7O7S/c1-36-11-8-13(26-17(31)12(22)6-7-16(29)30)18(32)27-14(4-2-9-25-21(23)24)19(33)28-10-3-5-15(28)20(34)35/h12-15H,2-11,22H2,1H3,(H,26,31)(H,27,32)(H,29,30)(H,34,35)(H4,23,24,25). The summed E-state index contributed by atoms with van der Waals surface area (Å²) in [6.07, 6.45) is 2.98. The molecule has 4 atom stereocenters. The molecule has 14 nitrogen and oxygen atoms in total. The molecule has 0 spiro atoms. The molecule has 3 amide bonds. The molecule has 10 N–H and O–H groups in total. The fourth-order valence-corrected chi connectivity index (χ4v) is 4.19. The minimum atomic E-state index is -1.12. The van der Waals surface area contributed by atoms with Gasteiger partial charge in [0.05, 0.1) is 6.04 Å². The summed E-state index contributed by atoms with van der Waals surface area (Å²) in [7, 11) is 0. The molecule has 1 heterocycles. The molecule has 4 unspecified atom stereocenters. The highest BCUT2D eigenvalue weighted by Crippen LogP contribution is 2.20. The molecule has 15 heteroatoms. The van der Waals surface area contributed by atoms with Crippen LogP contribution in [0.1, 0.15) is 44.9 Å². The van der Waals surface area contributed by atoms with E-state index in [2.05, 4.69) is 15.6 Å². The molecule has 1 rings (SSSR count). The number of carboxylic acids is 2. The van der Waals surface area contributed by atoms with E-state index in [1.54, 1.807) is 0 Å². The summed E-state index contributed by atoms with van der Waals surface area (Å²) in [5.41, 5.74) is 16.4. The van der Waals surface area contributed by atoms with Crippen LogP contribution in [-0.4, -0.2) is 100.0 Å². The van der Waals surface area contributed by atoms with E-state index in [1.165, 1.54) is 16.7 Å². The van der Waals surface area contributed by atoms with Crippen LogP contribution < -0.4 is 27.8 Å². The molecule has 0 aromatic rings. The van der Waals surface area contributed by atoms with Crippen molar-refractivity contribution in [2.24, 2.45) is 22.2 Å². The lowest BCUT2D eigenvalue weighted by Crippen LogP contribution is -2.57. The average molecular weight is 532 g/mol. The zero-order valence-corrected chi connectivity index (χ0v) is 21.2. The number of likely N-dealkylation sites (tertiary alicyclic amines) is 1. The zero-order valence-electron chi connectivity index (χ0n) is 20.4. The van der Waals surface area contributed by atoms with E-state index in [9.17, 15) is 29.1 Å². The van der Waals surface area contributed by atoms with E-state index >= 15 is 0 Å². The Morgan fingerprint density at radius 1 is 1.06 bits per heavy atom. The van der Waals surface area contributed by atoms with Crippen molar-refractivity contribution < 1.29 is 34.2 Å². The minimum absolute atomic E-state index is 0.102. The smallest absolute Gasteiger partial charge is 0.326 e. The maximum Gasteiger partial charge on any atom is 0.326 e. The first-order valence-electron chi connectivity index (χ1n) is 11.6. The van der Waals surface area contributed by atoms with Crippen molar-refractivity contribution in [3.05, 3.63) is 0 Å². The van der Waals surface area contributed by atoms with Crippen molar-refractivity contribution >= 4 is 47.4 Å². The third kappa shape index (κ3) is 10.7. The largest absolute Gasteiger partial charge is 0.481 e. The molecular formula is C21H37N7O7S. The van der Waals surface area contributed by atoms with Gasteiger partial charge in [0, 0.05) is 19.5 Å². The first-order valence-corrected chi connectivity index (χ1v) is 13.0. The topological polar surface area (TPSA) is 244 Å². The highest BCUT2D eigenvalue weighted by molar-refractivity contribution is 7.98. The molecule has 0 aromatic heterocycles. The quantitative estimate of drug-likeness (QED) is 0.0654. The first kappa shape index (κ1) is 31.0. The average Bonchev–Trinajstić information content (AvgIpc) is 3.31. The van der Waals surface area contributed by atoms with Crippen molar-refractivity contribution in [2.45, 2.75) is 69.1 Å². The second-order valence-corrected chi connectivity index (χ2v) is 9.41. The van der Waals surface area contributed by atoms with Crippen molar-refractivity contribution in [3.63, 3.8) is 0 Å². The lowest BCUT2D eigenvalue weighted by Gasteiger charge is -2.29. The van der Waals surface area contributed by atoms with Crippen molar-refractivity contribution in [1.29, 1.82) is 0 Å². The number of rotatable bonds is 16. The van der Waals surface area contributed by atoms with Gasteiger partial charge >= 0.3 is 11.9 Å². The molecule has 0 bridgehead atoms. The number of carboxylic acid groups (broad SMARTS) is 2. The number of nitrogens with two attached hydrogens (primary N) is 3. The number of aliphatic imine (C=N–C) groups is 1. The second kappa shape index (κ2) is 15.8. The van der Waals surface area contributed by atoms with E-state index in [4.69, 9.17) is 22.3 Å².